The average Bonchev–Trinajstić information content (AvgIpc) is 2.19. The molecule has 10 heavy (non-hydrogen) atoms. The van der Waals surface area contributed by atoms with Crippen molar-refractivity contribution in [3.05, 3.63) is 0 Å². The zero-order valence-corrected chi connectivity index (χ0v) is 5.82. The van der Waals surface area contributed by atoms with Gasteiger partial charge in [0.05, 0.1) is 19.3 Å². The Morgan fingerprint density at radius 3 is 2.50 bits per heavy atom. The summed E-state index contributed by atoms with van der Waals surface area (Å²) in [7, 11) is 0. The second-order valence-corrected chi connectivity index (χ2v) is 2.72. The van der Waals surface area contributed by atoms with Gasteiger partial charge in [-0.3, -0.25) is 0 Å². The molecule has 0 aromatic heterocycles. The lowest BCUT2D eigenvalue weighted by Crippen LogP contribution is -2.46. The van der Waals surface area contributed by atoms with Gasteiger partial charge in [-0.15, -0.1) is 0 Å². The van der Waals surface area contributed by atoms with Gasteiger partial charge in [-0.25, -0.2) is 0 Å². The third kappa shape index (κ3) is 1.03. The molecule has 1 aliphatic heterocycles. The van der Waals surface area contributed by atoms with Crippen LogP contribution in [0.5, 0.6) is 0 Å². The van der Waals surface area contributed by atoms with Crippen molar-refractivity contribution >= 4 is 0 Å². The monoisotopic (exact) mass is 148 g/mol. The van der Waals surface area contributed by atoms with Gasteiger partial charge in [-0.05, 0) is 6.92 Å². The van der Waals surface area contributed by atoms with Crippen LogP contribution in [0.3, 0.4) is 0 Å². The maximum absolute atomic E-state index is 9.31. The third-order valence-electron chi connectivity index (χ3n) is 1.87. The fraction of sp³-hybridized carbons (Fsp3) is 1.00. The van der Waals surface area contributed by atoms with Crippen molar-refractivity contribution in [1.82, 2.24) is 0 Å². The second-order valence-electron chi connectivity index (χ2n) is 2.72. The Morgan fingerprint density at radius 2 is 2.30 bits per heavy atom. The number of ether oxygens (including phenoxy) is 1. The molecule has 0 unspecified atom stereocenters. The van der Waals surface area contributed by atoms with E-state index in [2.05, 4.69) is 0 Å². The quantitative estimate of drug-likeness (QED) is 0.423. The highest BCUT2D eigenvalue weighted by Crippen LogP contribution is 2.23. The van der Waals surface area contributed by atoms with E-state index >= 15 is 0 Å². The van der Waals surface area contributed by atoms with Crippen LogP contribution < -0.4 is 0 Å². The summed E-state index contributed by atoms with van der Waals surface area (Å²) in [4.78, 5) is 0. The molecule has 60 valence electrons. The molecule has 4 nitrogen and oxygen atoms in total. The minimum atomic E-state index is -1.45. The van der Waals surface area contributed by atoms with E-state index in [-0.39, 0.29) is 6.61 Å². The summed E-state index contributed by atoms with van der Waals surface area (Å²) in [6.45, 7) is 1.20. The number of aliphatic hydroxyl groups excluding tert-OH is 2. The summed E-state index contributed by atoms with van der Waals surface area (Å²) in [6.07, 6.45) is -1.37. The number of hydrogen-bond acceptors (Lipinski definition) is 4. The smallest absolute Gasteiger partial charge is 0.139 e. The van der Waals surface area contributed by atoms with Gasteiger partial charge in [0.15, 0.2) is 0 Å². The zero-order valence-electron chi connectivity index (χ0n) is 5.82. The first kappa shape index (κ1) is 7.94. The lowest BCUT2D eigenvalue weighted by atomic mass is 9.99. The summed E-state index contributed by atoms with van der Waals surface area (Å²) >= 11 is 0. The van der Waals surface area contributed by atoms with E-state index in [1.54, 1.807) is 6.92 Å². The minimum absolute atomic E-state index is 0.00579. The molecule has 1 fully saturated rings. The van der Waals surface area contributed by atoms with Gasteiger partial charge in [-0.1, -0.05) is 0 Å². The summed E-state index contributed by atoms with van der Waals surface area (Å²) in [5.74, 6) is 0. The highest BCUT2D eigenvalue weighted by Gasteiger charge is 2.45. The molecule has 1 saturated heterocycles. The standard InChI is InChI=1S/C6H12O4/c1-4-5(8)6(9,2-7)3-10-4/h4-5,7-9H,2-3H2,1H3/t4-,5-,6+/m0/s1. The fourth-order valence-electron chi connectivity index (χ4n) is 1.03. The van der Waals surface area contributed by atoms with Crippen molar-refractivity contribution in [2.45, 2.75) is 24.7 Å². The van der Waals surface area contributed by atoms with E-state index in [0.29, 0.717) is 0 Å². The van der Waals surface area contributed by atoms with Crippen LogP contribution in [0.25, 0.3) is 0 Å². The van der Waals surface area contributed by atoms with Gasteiger partial charge < -0.3 is 20.1 Å². The van der Waals surface area contributed by atoms with Crippen LogP contribution in [0, 0.1) is 0 Å². The first-order chi connectivity index (χ1) is 4.60. The molecule has 0 aliphatic carbocycles. The zero-order chi connectivity index (χ0) is 7.78. The summed E-state index contributed by atoms with van der Waals surface area (Å²) in [5, 5.41) is 27.1. The van der Waals surface area contributed by atoms with Crippen LogP contribution in [0.15, 0.2) is 0 Å². The first-order valence-electron chi connectivity index (χ1n) is 3.23. The molecule has 1 heterocycles. The lowest BCUT2D eigenvalue weighted by Gasteiger charge is -2.22. The van der Waals surface area contributed by atoms with E-state index in [0.717, 1.165) is 0 Å². The van der Waals surface area contributed by atoms with Crippen molar-refractivity contribution in [1.29, 1.82) is 0 Å². The molecule has 0 aromatic carbocycles. The third-order valence-corrected chi connectivity index (χ3v) is 1.87. The van der Waals surface area contributed by atoms with Crippen molar-refractivity contribution in [3.63, 3.8) is 0 Å². The second kappa shape index (κ2) is 2.47. The highest BCUT2D eigenvalue weighted by molar-refractivity contribution is 4.94. The molecule has 1 aliphatic rings. The first-order valence-corrected chi connectivity index (χ1v) is 3.23. The Balaban J connectivity index is 2.64. The number of hydrogen-bond donors (Lipinski definition) is 3. The normalized spacial score (nSPS) is 48.0. The van der Waals surface area contributed by atoms with Crippen molar-refractivity contribution in [3.8, 4) is 0 Å². The maximum Gasteiger partial charge on any atom is 0.139 e. The molecule has 0 saturated carbocycles. The molecule has 1 rings (SSSR count). The van der Waals surface area contributed by atoms with E-state index in [4.69, 9.17) is 9.84 Å². The summed E-state index contributed by atoms with van der Waals surface area (Å²) < 4.78 is 4.91. The SMILES string of the molecule is C[C@@H]1OC[C@](O)(CO)[C@H]1O. The molecule has 0 spiro atoms. The maximum atomic E-state index is 9.31. The predicted molar refractivity (Wildman–Crippen MR) is 33.5 cm³/mol. The Kier molecular flexibility index (Phi) is 1.96. The summed E-state index contributed by atoms with van der Waals surface area (Å²) in [6, 6.07) is 0. The van der Waals surface area contributed by atoms with Crippen molar-refractivity contribution in [2.24, 2.45) is 0 Å². The molecule has 0 bridgehead atoms. The van der Waals surface area contributed by atoms with Gasteiger partial charge in [0, 0.05) is 0 Å². The topological polar surface area (TPSA) is 69.9 Å². The van der Waals surface area contributed by atoms with E-state index in [9.17, 15) is 10.2 Å². The Labute approximate surface area is 59.1 Å². The molecule has 4 heteroatoms. The molecule has 3 N–H and O–H groups in total. The van der Waals surface area contributed by atoms with Crippen LogP contribution in [-0.4, -0.2) is 46.3 Å². The van der Waals surface area contributed by atoms with Crippen LogP contribution in [-0.2, 0) is 4.74 Å². The lowest BCUT2D eigenvalue weighted by molar-refractivity contribution is -0.0805. The van der Waals surface area contributed by atoms with Crippen LogP contribution >= 0.6 is 0 Å². The predicted octanol–water partition coefficient (Wildman–Crippen LogP) is -1.51. The van der Waals surface area contributed by atoms with Gasteiger partial charge in [0.2, 0.25) is 0 Å². The minimum Gasteiger partial charge on any atom is -0.393 e. The van der Waals surface area contributed by atoms with E-state index in [1.165, 1.54) is 0 Å². The van der Waals surface area contributed by atoms with Gasteiger partial charge >= 0.3 is 0 Å². The van der Waals surface area contributed by atoms with Crippen molar-refractivity contribution < 1.29 is 20.1 Å². The van der Waals surface area contributed by atoms with E-state index < -0.39 is 24.4 Å². The van der Waals surface area contributed by atoms with Gasteiger partial charge in [-0.2, -0.15) is 0 Å². The van der Waals surface area contributed by atoms with E-state index in [1.807, 2.05) is 0 Å². The largest absolute Gasteiger partial charge is 0.393 e. The Hall–Kier alpha value is -0.160. The average molecular weight is 148 g/mol. The highest BCUT2D eigenvalue weighted by atomic mass is 16.5. The summed E-state index contributed by atoms with van der Waals surface area (Å²) in [5.41, 5.74) is -1.45. The number of rotatable bonds is 1. The molecule has 0 amide bonds. The molecule has 0 radical (unpaired) electrons. The van der Waals surface area contributed by atoms with Crippen LogP contribution in [0.4, 0.5) is 0 Å². The Bertz CT molecular complexity index is 127. The van der Waals surface area contributed by atoms with Gasteiger partial charge in [0.25, 0.3) is 0 Å². The molecular weight excluding hydrogens is 136 g/mol. The molecular formula is C6H12O4. The van der Waals surface area contributed by atoms with Crippen LogP contribution in [0.2, 0.25) is 0 Å². The number of aliphatic hydroxyl groups is 3. The van der Waals surface area contributed by atoms with Crippen LogP contribution in [0.1, 0.15) is 6.92 Å². The molecule has 3 atom stereocenters. The molecule has 0 aromatic rings. The Morgan fingerprint density at radius 1 is 1.70 bits per heavy atom. The fourth-order valence-corrected chi connectivity index (χ4v) is 1.03. The van der Waals surface area contributed by atoms with Crippen molar-refractivity contribution in [2.75, 3.05) is 13.2 Å². The van der Waals surface area contributed by atoms with Gasteiger partial charge in [0.1, 0.15) is 11.7 Å².